The summed E-state index contributed by atoms with van der Waals surface area (Å²) in [5.74, 6) is 0.944. The van der Waals surface area contributed by atoms with Crippen molar-refractivity contribution in [1.29, 1.82) is 0 Å². The number of fused-ring (bicyclic) bond motifs is 2. The molecule has 3 heterocycles. The van der Waals surface area contributed by atoms with E-state index in [0.29, 0.717) is 0 Å². The van der Waals surface area contributed by atoms with Crippen molar-refractivity contribution >= 4 is 0 Å². The Morgan fingerprint density at radius 1 is 1.20 bits per heavy atom. The summed E-state index contributed by atoms with van der Waals surface area (Å²) in [4.78, 5) is 2.63. The molecule has 0 aromatic rings. The maximum atomic E-state index is 3.69. The lowest BCUT2D eigenvalue weighted by atomic mass is 9.90. The molecule has 0 aromatic heterocycles. The molecule has 3 rings (SSSR count). The van der Waals surface area contributed by atoms with Crippen molar-refractivity contribution in [1.82, 2.24) is 15.5 Å². The van der Waals surface area contributed by atoms with Gasteiger partial charge in [0, 0.05) is 31.2 Å². The van der Waals surface area contributed by atoms with Crippen LogP contribution in [-0.4, -0.2) is 49.7 Å². The first kappa shape index (κ1) is 10.1. The van der Waals surface area contributed by atoms with Crippen LogP contribution in [0.5, 0.6) is 0 Å². The molecule has 0 saturated carbocycles. The highest BCUT2D eigenvalue weighted by Crippen LogP contribution is 2.36. The lowest BCUT2D eigenvalue weighted by Crippen LogP contribution is -2.56. The Hall–Kier alpha value is -0.120. The van der Waals surface area contributed by atoms with Gasteiger partial charge in [-0.05, 0) is 45.2 Å². The molecule has 3 nitrogen and oxygen atoms in total. The van der Waals surface area contributed by atoms with E-state index in [1.165, 1.54) is 45.3 Å². The zero-order chi connectivity index (χ0) is 10.3. The SMILES string of the molecule is CN1C2CCC1CC(CNC1CNC1)C2. The van der Waals surface area contributed by atoms with Gasteiger partial charge in [-0.3, -0.25) is 0 Å². The fourth-order valence-corrected chi connectivity index (χ4v) is 3.46. The van der Waals surface area contributed by atoms with Gasteiger partial charge in [0.15, 0.2) is 0 Å². The second kappa shape index (κ2) is 4.04. The first-order valence-electron chi connectivity index (χ1n) is 6.49. The maximum Gasteiger partial charge on any atom is 0.0317 e. The van der Waals surface area contributed by atoms with Crippen LogP contribution in [0.25, 0.3) is 0 Å². The average Bonchev–Trinajstić information content (AvgIpc) is 2.40. The van der Waals surface area contributed by atoms with E-state index in [1.54, 1.807) is 0 Å². The largest absolute Gasteiger partial charge is 0.314 e. The molecule has 2 bridgehead atoms. The van der Waals surface area contributed by atoms with E-state index in [-0.39, 0.29) is 0 Å². The van der Waals surface area contributed by atoms with Crippen molar-refractivity contribution in [3.05, 3.63) is 0 Å². The zero-order valence-corrected chi connectivity index (χ0v) is 9.71. The second-order valence-corrected chi connectivity index (χ2v) is 5.65. The van der Waals surface area contributed by atoms with Crippen molar-refractivity contribution in [3.8, 4) is 0 Å². The summed E-state index contributed by atoms with van der Waals surface area (Å²) in [6.45, 7) is 3.62. The molecule has 0 aromatic carbocycles. The lowest BCUT2D eigenvalue weighted by molar-refractivity contribution is 0.129. The normalized spacial score (nSPS) is 41.8. The van der Waals surface area contributed by atoms with Gasteiger partial charge >= 0.3 is 0 Å². The summed E-state index contributed by atoms with van der Waals surface area (Å²) in [5.41, 5.74) is 0. The van der Waals surface area contributed by atoms with Gasteiger partial charge in [-0.25, -0.2) is 0 Å². The third-order valence-corrected chi connectivity index (χ3v) is 4.67. The van der Waals surface area contributed by atoms with Crippen LogP contribution in [0.15, 0.2) is 0 Å². The van der Waals surface area contributed by atoms with Crippen molar-refractivity contribution in [3.63, 3.8) is 0 Å². The molecule has 3 aliphatic rings. The molecule has 86 valence electrons. The minimum absolute atomic E-state index is 0.766. The minimum atomic E-state index is 0.766. The molecule has 0 radical (unpaired) electrons. The van der Waals surface area contributed by atoms with Gasteiger partial charge in [-0.2, -0.15) is 0 Å². The number of nitrogens with zero attached hydrogens (tertiary/aromatic N) is 1. The van der Waals surface area contributed by atoms with Gasteiger partial charge in [0.1, 0.15) is 0 Å². The van der Waals surface area contributed by atoms with Gasteiger partial charge in [-0.15, -0.1) is 0 Å². The van der Waals surface area contributed by atoms with E-state index in [4.69, 9.17) is 0 Å². The Bertz CT molecular complexity index is 213. The predicted octanol–water partition coefficient (Wildman–Crippen LogP) is 0.421. The molecule has 2 unspecified atom stereocenters. The molecule has 3 fully saturated rings. The number of hydrogen-bond acceptors (Lipinski definition) is 3. The number of rotatable bonds is 3. The summed E-state index contributed by atoms with van der Waals surface area (Å²) >= 11 is 0. The van der Waals surface area contributed by atoms with Crippen LogP contribution in [0.1, 0.15) is 25.7 Å². The Balaban J connectivity index is 1.47. The van der Waals surface area contributed by atoms with Crippen LogP contribution in [0, 0.1) is 5.92 Å². The highest BCUT2D eigenvalue weighted by Gasteiger charge is 2.38. The second-order valence-electron chi connectivity index (χ2n) is 5.65. The molecule has 3 aliphatic heterocycles. The van der Waals surface area contributed by atoms with Crippen LogP contribution >= 0.6 is 0 Å². The molecule has 0 amide bonds. The monoisotopic (exact) mass is 209 g/mol. The third kappa shape index (κ3) is 1.93. The lowest BCUT2D eigenvalue weighted by Gasteiger charge is -2.38. The fraction of sp³-hybridized carbons (Fsp3) is 1.00. The van der Waals surface area contributed by atoms with E-state index < -0.39 is 0 Å². The number of hydrogen-bond donors (Lipinski definition) is 2. The van der Waals surface area contributed by atoms with Gasteiger partial charge in [0.2, 0.25) is 0 Å². The third-order valence-electron chi connectivity index (χ3n) is 4.67. The number of piperidine rings is 1. The summed E-state index contributed by atoms with van der Waals surface area (Å²) in [6, 6.07) is 2.56. The molecular weight excluding hydrogens is 186 g/mol. The molecular formula is C12H23N3. The highest BCUT2D eigenvalue weighted by atomic mass is 15.2. The Kier molecular flexibility index (Phi) is 2.71. The van der Waals surface area contributed by atoms with Gasteiger partial charge in [-0.1, -0.05) is 0 Å². The van der Waals surface area contributed by atoms with Crippen LogP contribution < -0.4 is 10.6 Å². The van der Waals surface area contributed by atoms with Gasteiger partial charge in [0.05, 0.1) is 0 Å². The van der Waals surface area contributed by atoms with E-state index >= 15 is 0 Å². The highest BCUT2D eigenvalue weighted by molar-refractivity contribution is 4.94. The zero-order valence-electron chi connectivity index (χ0n) is 9.71. The summed E-state index contributed by atoms with van der Waals surface area (Å²) in [6.07, 6.45) is 5.76. The smallest absolute Gasteiger partial charge is 0.0317 e. The van der Waals surface area contributed by atoms with Crippen molar-refractivity contribution < 1.29 is 0 Å². The van der Waals surface area contributed by atoms with Crippen molar-refractivity contribution in [2.75, 3.05) is 26.7 Å². The first-order chi connectivity index (χ1) is 7.33. The van der Waals surface area contributed by atoms with E-state index in [0.717, 1.165) is 24.0 Å². The van der Waals surface area contributed by atoms with Crippen LogP contribution in [0.2, 0.25) is 0 Å². The predicted molar refractivity (Wildman–Crippen MR) is 62.0 cm³/mol. The van der Waals surface area contributed by atoms with Crippen LogP contribution in [-0.2, 0) is 0 Å². The fourth-order valence-electron chi connectivity index (χ4n) is 3.46. The Morgan fingerprint density at radius 3 is 2.40 bits per heavy atom. The molecule has 3 saturated heterocycles. The van der Waals surface area contributed by atoms with Gasteiger partial charge in [0.25, 0.3) is 0 Å². The van der Waals surface area contributed by atoms with Crippen molar-refractivity contribution in [2.24, 2.45) is 5.92 Å². The topological polar surface area (TPSA) is 27.3 Å². The minimum Gasteiger partial charge on any atom is -0.314 e. The van der Waals surface area contributed by atoms with Crippen LogP contribution in [0.4, 0.5) is 0 Å². The average molecular weight is 209 g/mol. The molecule has 2 N–H and O–H groups in total. The molecule has 2 atom stereocenters. The molecule has 3 heteroatoms. The summed E-state index contributed by atoms with van der Waals surface area (Å²) in [5, 5.41) is 7.01. The Labute approximate surface area is 92.6 Å². The van der Waals surface area contributed by atoms with Crippen molar-refractivity contribution in [2.45, 2.75) is 43.8 Å². The maximum absolute atomic E-state index is 3.69. The quantitative estimate of drug-likeness (QED) is 0.705. The van der Waals surface area contributed by atoms with E-state index in [9.17, 15) is 0 Å². The van der Waals surface area contributed by atoms with Gasteiger partial charge < -0.3 is 15.5 Å². The van der Waals surface area contributed by atoms with E-state index in [1.807, 2.05) is 0 Å². The number of nitrogens with one attached hydrogen (secondary N) is 2. The first-order valence-corrected chi connectivity index (χ1v) is 6.49. The standard InChI is InChI=1S/C12H23N3/c1-15-11-2-3-12(15)5-9(4-11)6-14-10-7-13-8-10/h9-14H,2-8H2,1H3. The molecule has 15 heavy (non-hydrogen) atoms. The van der Waals surface area contributed by atoms with Crippen LogP contribution in [0.3, 0.4) is 0 Å². The Morgan fingerprint density at radius 2 is 1.87 bits per heavy atom. The summed E-state index contributed by atoms with van der Waals surface area (Å²) < 4.78 is 0. The molecule has 0 spiro atoms. The summed E-state index contributed by atoms with van der Waals surface area (Å²) in [7, 11) is 2.32. The molecule has 0 aliphatic carbocycles. The van der Waals surface area contributed by atoms with E-state index in [2.05, 4.69) is 22.6 Å².